The van der Waals surface area contributed by atoms with E-state index in [2.05, 4.69) is 12.2 Å². The Balaban J connectivity index is 1.74. The third kappa shape index (κ3) is 2.74. The molecule has 2 unspecified atom stereocenters. The summed E-state index contributed by atoms with van der Waals surface area (Å²) < 4.78 is 0. The molecule has 2 rings (SSSR count). The number of urea groups is 1. The second-order valence-electron chi connectivity index (χ2n) is 5.20. The van der Waals surface area contributed by atoms with Crippen molar-refractivity contribution in [3.63, 3.8) is 0 Å². The highest BCUT2D eigenvalue weighted by atomic mass is 16.2. The molecule has 1 saturated heterocycles. The largest absolute Gasteiger partial charge is 0.324 e. The fourth-order valence-electron chi connectivity index (χ4n) is 2.82. The molecule has 0 radical (unpaired) electrons. The lowest BCUT2D eigenvalue weighted by molar-refractivity contribution is -0.118. The first kappa shape index (κ1) is 11.4. The van der Waals surface area contributed by atoms with Crippen molar-refractivity contribution in [2.45, 2.75) is 39.0 Å². The molecule has 1 aliphatic heterocycles. The Kier molecular flexibility index (Phi) is 3.46. The topological polar surface area (TPSA) is 49.4 Å². The molecule has 1 aliphatic carbocycles. The Hall–Kier alpha value is -1.06. The molecule has 1 saturated carbocycles. The third-order valence-electron chi connectivity index (χ3n) is 3.72. The van der Waals surface area contributed by atoms with E-state index in [1.54, 1.807) is 4.90 Å². The maximum Gasteiger partial charge on any atom is 0.324 e. The highest BCUT2D eigenvalue weighted by molar-refractivity contribution is 6.01. The SMILES string of the molecule is CC1CCCC(CCN2CC(=O)NC2=O)C1. The molecular formula is C12H20N2O2. The van der Waals surface area contributed by atoms with E-state index in [1.165, 1.54) is 25.7 Å². The fourth-order valence-corrected chi connectivity index (χ4v) is 2.82. The van der Waals surface area contributed by atoms with E-state index >= 15 is 0 Å². The molecule has 0 aromatic heterocycles. The number of nitrogens with zero attached hydrogens (tertiary/aromatic N) is 1. The van der Waals surface area contributed by atoms with Gasteiger partial charge in [0.15, 0.2) is 0 Å². The molecule has 2 aliphatic rings. The smallest absolute Gasteiger partial charge is 0.315 e. The summed E-state index contributed by atoms with van der Waals surface area (Å²) in [6.07, 6.45) is 6.28. The van der Waals surface area contributed by atoms with Crippen LogP contribution >= 0.6 is 0 Å². The van der Waals surface area contributed by atoms with Gasteiger partial charge in [-0.3, -0.25) is 10.1 Å². The summed E-state index contributed by atoms with van der Waals surface area (Å²) in [4.78, 5) is 23.9. The quantitative estimate of drug-likeness (QED) is 0.742. The summed E-state index contributed by atoms with van der Waals surface area (Å²) in [7, 11) is 0. The Morgan fingerprint density at radius 2 is 2.19 bits per heavy atom. The van der Waals surface area contributed by atoms with Crippen LogP contribution in [0.2, 0.25) is 0 Å². The molecule has 2 atom stereocenters. The van der Waals surface area contributed by atoms with Crippen molar-refractivity contribution in [1.29, 1.82) is 0 Å². The van der Waals surface area contributed by atoms with Gasteiger partial charge in [-0.1, -0.05) is 26.2 Å². The lowest BCUT2D eigenvalue weighted by Gasteiger charge is -2.27. The molecule has 4 heteroatoms. The van der Waals surface area contributed by atoms with Gasteiger partial charge in [0.25, 0.3) is 0 Å². The predicted octanol–water partition coefficient (Wildman–Crippen LogP) is 1.75. The van der Waals surface area contributed by atoms with Crippen LogP contribution in [0, 0.1) is 11.8 Å². The molecule has 90 valence electrons. The van der Waals surface area contributed by atoms with Crippen LogP contribution in [0.1, 0.15) is 39.0 Å². The lowest BCUT2D eigenvalue weighted by atomic mass is 9.81. The van der Waals surface area contributed by atoms with E-state index in [0.29, 0.717) is 0 Å². The third-order valence-corrected chi connectivity index (χ3v) is 3.72. The van der Waals surface area contributed by atoms with Crippen molar-refractivity contribution in [3.8, 4) is 0 Å². The van der Waals surface area contributed by atoms with Gasteiger partial charge in [0.05, 0.1) is 0 Å². The number of nitrogens with one attached hydrogen (secondary N) is 1. The van der Waals surface area contributed by atoms with Gasteiger partial charge in [0.2, 0.25) is 5.91 Å². The molecule has 0 aromatic rings. The Morgan fingerprint density at radius 3 is 2.81 bits per heavy atom. The molecule has 0 spiro atoms. The first-order valence-corrected chi connectivity index (χ1v) is 6.24. The minimum Gasteiger partial charge on any atom is -0.315 e. The van der Waals surface area contributed by atoms with Crippen molar-refractivity contribution in [3.05, 3.63) is 0 Å². The summed E-state index contributed by atoms with van der Waals surface area (Å²) in [6.45, 7) is 3.29. The zero-order chi connectivity index (χ0) is 11.5. The standard InChI is InChI=1S/C12H20N2O2/c1-9-3-2-4-10(7-9)5-6-14-8-11(15)13-12(14)16/h9-10H,2-8H2,1H3,(H,13,15,16). The van der Waals surface area contributed by atoms with Crippen LogP contribution < -0.4 is 5.32 Å². The Bertz CT molecular complexity index is 291. The first-order chi connectivity index (χ1) is 7.65. The number of carbonyl (C=O) groups excluding carboxylic acids is 2. The minimum absolute atomic E-state index is 0.165. The molecule has 16 heavy (non-hydrogen) atoms. The van der Waals surface area contributed by atoms with E-state index in [1.807, 2.05) is 0 Å². The first-order valence-electron chi connectivity index (χ1n) is 6.24. The number of hydrogen-bond acceptors (Lipinski definition) is 2. The number of imide groups is 1. The maximum atomic E-state index is 11.3. The minimum atomic E-state index is -0.214. The lowest BCUT2D eigenvalue weighted by Crippen LogP contribution is -2.30. The van der Waals surface area contributed by atoms with E-state index in [9.17, 15) is 9.59 Å². The van der Waals surface area contributed by atoms with Crippen molar-refractivity contribution in [2.24, 2.45) is 11.8 Å². The molecule has 1 N–H and O–H groups in total. The Morgan fingerprint density at radius 1 is 1.38 bits per heavy atom. The van der Waals surface area contributed by atoms with Crippen LogP contribution in [0.25, 0.3) is 0 Å². The zero-order valence-corrected chi connectivity index (χ0v) is 9.87. The van der Waals surface area contributed by atoms with Crippen LogP contribution in [0.4, 0.5) is 4.79 Å². The van der Waals surface area contributed by atoms with Gasteiger partial charge in [0.1, 0.15) is 6.54 Å². The highest BCUT2D eigenvalue weighted by Crippen LogP contribution is 2.30. The second-order valence-corrected chi connectivity index (χ2v) is 5.20. The van der Waals surface area contributed by atoms with Gasteiger partial charge in [-0.2, -0.15) is 0 Å². The summed E-state index contributed by atoms with van der Waals surface area (Å²) in [5, 5.41) is 2.31. The van der Waals surface area contributed by atoms with Crippen molar-refractivity contribution >= 4 is 11.9 Å². The normalized spacial score (nSPS) is 30.7. The fraction of sp³-hybridized carbons (Fsp3) is 0.833. The van der Waals surface area contributed by atoms with Gasteiger partial charge >= 0.3 is 6.03 Å². The van der Waals surface area contributed by atoms with Crippen LogP contribution in [-0.2, 0) is 4.79 Å². The van der Waals surface area contributed by atoms with E-state index in [4.69, 9.17) is 0 Å². The number of carbonyl (C=O) groups is 2. The van der Waals surface area contributed by atoms with Crippen molar-refractivity contribution < 1.29 is 9.59 Å². The molecule has 0 aromatic carbocycles. The second kappa shape index (κ2) is 4.85. The summed E-state index contributed by atoms with van der Waals surface area (Å²) >= 11 is 0. The van der Waals surface area contributed by atoms with Gasteiger partial charge in [0, 0.05) is 6.54 Å². The zero-order valence-electron chi connectivity index (χ0n) is 9.87. The van der Waals surface area contributed by atoms with Gasteiger partial charge in [-0.25, -0.2) is 4.79 Å². The molecule has 4 nitrogen and oxygen atoms in total. The molecule has 3 amide bonds. The van der Waals surface area contributed by atoms with E-state index < -0.39 is 0 Å². The predicted molar refractivity (Wildman–Crippen MR) is 60.9 cm³/mol. The van der Waals surface area contributed by atoms with Gasteiger partial charge < -0.3 is 4.90 Å². The number of amides is 3. The highest BCUT2D eigenvalue weighted by Gasteiger charge is 2.27. The van der Waals surface area contributed by atoms with Crippen LogP contribution in [0.15, 0.2) is 0 Å². The van der Waals surface area contributed by atoms with E-state index in [-0.39, 0.29) is 18.5 Å². The number of rotatable bonds is 3. The van der Waals surface area contributed by atoms with Crippen LogP contribution in [-0.4, -0.2) is 29.9 Å². The number of hydrogen-bond donors (Lipinski definition) is 1. The summed E-state index contributed by atoms with van der Waals surface area (Å²) in [6, 6.07) is -0.214. The Labute approximate surface area is 96.4 Å². The maximum absolute atomic E-state index is 11.3. The van der Waals surface area contributed by atoms with Crippen LogP contribution in [0.3, 0.4) is 0 Å². The van der Waals surface area contributed by atoms with Crippen molar-refractivity contribution in [1.82, 2.24) is 10.2 Å². The van der Waals surface area contributed by atoms with Gasteiger partial charge in [-0.15, -0.1) is 0 Å². The average molecular weight is 224 g/mol. The summed E-state index contributed by atoms with van der Waals surface area (Å²) in [5.41, 5.74) is 0. The summed E-state index contributed by atoms with van der Waals surface area (Å²) in [5.74, 6) is 1.40. The van der Waals surface area contributed by atoms with Gasteiger partial charge in [-0.05, 0) is 24.7 Å². The molecule has 2 fully saturated rings. The molecule has 1 heterocycles. The molecule has 0 bridgehead atoms. The van der Waals surface area contributed by atoms with Crippen LogP contribution in [0.5, 0.6) is 0 Å². The van der Waals surface area contributed by atoms with E-state index in [0.717, 1.165) is 24.8 Å². The van der Waals surface area contributed by atoms with Crippen molar-refractivity contribution in [2.75, 3.05) is 13.1 Å². The molecular weight excluding hydrogens is 204 g/mol. The monoisotopic (exact) mass is 224 g/mol. The average Bonchev–Trinajstić information content (AvgIpc) is 2.54.